The van der Waals surface area contributed by atoms with Crippen LogP contribution in [0.4, 0.5) is 0 Å². The SMILES string of the molecule is CCCCCCCCCCCCCCCCCCCCCCCCC(=O)O[C@H](COC(=O)CCCCCCCCCCCCCCCCCCCCC(C)C)COP(=O)(O)OC[C@@H](O)COP(=O)(O)OC[C@@H](COC(=O)CCCCCCCCCC(C)C)OC(=O)CCCCCCCCCCCCCCCCCCCC. The average molecular weight is 1620 g/mol. The fourth-order valence-electron chi connectivity index (χ4n) is 14.5. The first-order chi connectivity index (χ1) is 53.9. The number of esters is 4. The molecule has 0 saturated heterocycles. The first kappa shape index (κ1) is 109. The number of rotatable bonds is 91. The summed E-state index contributed by atoms with van der Waals surface area (Å²) in [6.07, 6.45) is 78.1. The summed E-state index contributed by atoms with van der Waals surface area (Å²) in [6.45, 7) is 9.69. The first-order valence-electron chi connectivity index (χ1n) is 47.5. The minimum absolute atomic E-state index is 0.108. The van der Waals surface area contributed by atoms with Gasteiger partial charge in [0.1, 0.15) is 19.3 Å². The third-order valence-corrected chi connectivity index (χ3v) is 23.6. The maximum absolute atomic E-state index is 13.2. The number of hydrogen-bond acceptors (Lipinski definition) is 15. The van der Waals surface area contributed by atoms with Gasteiger partial charge in [0.15, 0.2) is 12.2 Å². The molecule has 17 nitrogen and oxygen atoms in total. The zero-order valence-electron chi connectivity index (χ0n) is 73.3. The van der Waals surface area contributed by atoms with Gasteiger partial charge >= 0.3 is 39.5 Å². The lowest BCUT2D eigenvalue weighted by atomic mass is 10.0. The molecule has 0 amide bonds. The predicted molar refractivity (Wildman–Crippen MR) is 460 cm³/mol. The number of phosphoric ester groups is 2. The molecule has 0 aliphatic heterocycles. The Bertz CT molecular complexity index is 2120. The molecule has 0 saturated carbocycles. The number of aliphatic hydroxyl groups excluding tert-OH is 1. The van der Waals surface area contributed by atoms with Crippen LogP contribution in [0.2, 0.25) is 0 Å². The molecule has 0 bridgehead atoms. The van der Waals surface area contributed by atoms with Crippen molar-refractivity contribution in [3.05, 3.63) is 0 Å². The number of carbonyl (C=O) groups excluding carboxylic acids is 4. The van der Waals surface area contributed by atoms with Crippen LogP contribution in [0.1, 0.15) is 497 Å². The Labute approximate surface area is 683 Å². The van der Waals surface area contributed by atoms with Crippen molar-refractivity contribution in [3.63, 3.8) is 0 Å². The zero-order chi connectivity index (χ0) is 81.3. The minimum atomic E-state index is -4.97. The molecule has 3 N–H and O–H groups in total. The van der Waals surface area contributed by atoms with Crippen LogP contribution in [0.15, 0.2) is 0 Å². The highest BCUT2D eigenvalue weighted by Crippen LogP contribution is 2.45. The van der Waals surface area contributed by atoms with E-state index in [1.165, 1.54) is 308 Å². The molecule has 0 fully saturated rings. The second-order valence-electron chi connectivity index (χ2n) is 34.0. The van der Waals surface area contributed by atoms with Crippen LogP contribution < -0.4 is 0 Å². The van der Waals surface area contributed by atoms with Crippen molar-refractivity contribution >= 4 is 39.5 Å². The Balaban J connectivity index is 5.21. The van der Waals surface area contributed by atoms with E-state index in [-0.39, 0.29) is 25.7 Å². The van der Waals surface area contributed by atoms with E-state index in [4.69, 9.17) is 37.0 Å². The molecule has 0 aromatic heterocycles. The van der Waals surface area contributed by atoms with Crippen LogP contribution in [0.5, 0.6) is 0 Å². The Morgan fingerprint density at radius 3 is 0.613 bits per heavy atom. The molecule has 660 valence electrons. The average Bonchev–Trinajstić information content (AvgIpc) is 0.899. The Kier molecular flexibility index (Phi) is 81.7. The summed E-state index contributed by atoms with van der Waals surface area (Å²) in [7, 11) is -9.94. The maximum atomic E-state index is 13.2. The molecule has 0 spiro atoms. The molecule has 0 aromatic rings. The van der Waals surface area contributed by atoms with E-state index < -0.39 is 97.5 Å². The number of ether oxygens (including phenoxy) is 4. The van der Waals surface area contributed by atoms with Crippen LogP contribution >= 0.6 is 15.6 Å². The second-order valence-corrected chi connectivity index (χ2v) is 36.9. The molecule has 0 radical (unpaired) electrons. The molecule has 0 rings (SSSR count). The Morgan fingerprint density at radius 1 is 0.243 bits per heavy atom. The highest BCUT2D eigenvalue weighted by Gasteiger charge is 2.31. The summed E-state index contributed by atoms with van der Waals surface area (Å²) in [5.41, 5.74) is 0. The first-order valence-corrected chi connectivity index (χ1v) is 50.5. The number of carbonyl (C=O) groups is 4. The van der Waals surface area contributed by atoms with E-state index in [2.05, 4.69) is 41.5 Å². The van der Waals surface area contributed by atoms with E-state index in [1.807, 2.05) is 0 Å². The number of phosphoric acid groups is 2. The molecule has 111 heavy (non-hydrogen) atoms. The van der Waals surface area contributed by atoms with Crippen molar-refractivity contribution in [1.29, 1.82) is 0 Å². The second kappa shape index (κ2) is 83.1. The summed E-state index contributed by atoms with van der Waals surface area (Å²) < 4.78 is 69.1. The van der Waals surface area contributed by atoms with Crippen LogP contribution in [-0.4, -0.2) is 96.7 Å². The third kappa shape index (κ3) is 85.8. The van der Waals surface area contributed by atoms with Crippen LogP contribution in [0, 0.1) is 11.8 Å². The van der Waals surface area contributed by atoms with E-state index in [0.717, 1.165) is 102 Å². The van der Waals surface area contributed by atoms with Crippen LogP contribution in [-0.2, 0) is 65.4 Å². The van der Waals surface area contributed by atoms with Gasteiger partial charge in [-0.05, 0) is 37.5 Å². The third-order valence-electron chi connectivity index (χ3n) is 21.7. The van der Waals surface area contributed by atoms with Crippen molar-refractivity contribution in [2.45, 2.75) is 516 Å². The fourth-order valence-corrected chi connectivity index (χ4v) is 16.1. The van der Waals surface area contributed by atoms with Crippen LogP contribution in [0.25, 0.3) is 0 Å². The summed E-state index contributed by atoms with van der Waals surface area (Å²) in [4.78, 5) is 73.4. The monoisotopic (exact) mass is 1620 g/mol. The predicted octanol–water partition coefficient (Wildman–Crippen LogP) is 28.6. The lowest BCUT2D eigenvalue weighted by molar-refractivity contribution is -0.161. The molecule has 2 unspecified atom stereocenters. The van der Waals surface area contributed by atoms with Crippen molar-refractivity contribution in [2.75, 3.05) is 39.6 Å². The van der Waals surface area contributed by atoms with Crippen LogP contribution in [0.3, 0.4) is 0 Å². The fraction of sp³-hybridized carbons (Fsp3) is 0.957. The van der Waals surface area contributed by atoms with Gasteiger partial charge in [0.05, 0.1) is 26.4 Å². The lowest BCUT2D eigenvalue weighted by Crippen LogP contribution is -2.30. The number of hydrogen-bond donors (Lipinski definition) is 3. The maximum Gasteiger partial charge on any atom is 0.472 e. The molecule has 5 atom stereocenters. The molecule has 0 aromatic carbocycles. The van der Waals surface area contributed by atoms with Crippen molar-refractivity contribution < 1.29 is 80.2 Å². The zero-order valence-corrected chi connectivity index (χ0v) is 75.1. The molecule has 19 heteroatoms. The van der Waals surface area contributed by atoms with Gasteiger partial charge in [-0.3, -0.25) is 37.3 Å². The Morgan fingerprint density at radius 2 is 0.414 bits per heavy atom. The highest BCUT2D eigenvalue weighted by atomic mass is 31.2. The molecule has 0 aliphatic carbocycles. The molecular formula is C92H180O17P2. The highest BCUT2D eigenvalue weighted by molar-refractivity contribution is 7.47. The van der Waals surface area contributed by atoms with Gasteiger partial charge < -0.3 is 33.8 Å². The Hall–Kier alpha value is -1.94. The van der Waals surface area contributed by atoms with E-state index in [1.54, 1.807) is 0 Å². The van der Waals surface area contributed by atoms with Crippen molar-refractivity contribution in [3.8, 4) is 0 Å². The number of unbranched alkanes of at least 4 members (excludes halogenated alkanes) is 61. The molecule has 0 heterocycles. The lowest BCUT2D eigenvalue weighted by Gasteiger charge is -2.21. The van der Waals surface area contributed by atoms with Gasteiger partial charge in [-0.25, -0.2) is 9.13 Å². The standard InChI is InChI=1S/C92H180O17P2/c1-7-9-11-13-15-17-19-21-23-25-27-28-29-30-36-40-44-48-52-58-65-70-76-91(96)108-87(80-102-89(94)74-68-62-56-50-46-42-38-35-32-31-33-37-41-45-49-54-60-66-72-84(3)4)82-106-110(98,99)104-78-86(93)79-105-111(100,101)107-83-88(81-103-90(95)75-69-63-59-53-55-61-67-73-85(5)6)109-92(97)77-71-64-57-51-47-43-39-34-26-24-22-20-18-16-14-12-10-8-2/h84-88,93H,7-83H2,1-6H3,(H,98,99)(H,100,101)/t86-,87-,88-/m1/s1. The van der Waals surface area contributed by atoms with E-state index >= 15 is 0 Å². The van der Waals surface area contributed by atoms with E-state index in [9.17, 15) is 43.2 Å². The van der Waals surface area contributed by atoms with Gasteiger partial charge in [-0.2, -0.15) is 0 Å². The van der Waals surface area contributed by atoms with Crippen molar-refractivity contribution in [2.24, 2.45) is 11.8 Å². The summed E-state index contributed by atoms with van der Waals surface area (Å²) >= 11 is 0. The van der Waals surface area contributed by atoms with Crippen molar-refractivity contribution in [1.82, 2.24) is 0 Å². The number of aliphatic hydroxyl groups is 1. The van der Waals surface area contributed by atoms with Gasteiger partial charge in [0.25, 0.3) is 0 Å². The normalized spacial score (nSPS) is 13.7. The summed E-state index contributed by atoms with van der Waals surface area (Å²) in [5, 5.41) is 10.7. The molecular weight excluding hydrogens is 1440 g/mol. The summed E-state index contributed by atoms with van der Waals surface area (Å²) in [6, 6.07) is 0. The summed E-state index contributed by atoms with van der Waals surface area (Å²) in [5.74, 6) is -0.569. The largest absolute Gasteiger partial charge is 0.472 e. The topological polar surface area (TPSA) is 237 Å². The molecule has 0 aliphatic rings. The van der Waals surface area contributed by atoms with E-state index in [0.29, 0.717) is 31.6 Å². The van der Waals surface area contributed by atoms with Gasteiger partial charge in [0.2, 0.25) is 0 Å². The minimum Gasteiger partial charge on any atom is -0.462 e. The van der Waals surface area contributed by atoms with Gasteiger partial charge in [0, 0.05) is 25.7 Å². The quantitative estimate of drug-likeness (QED) is 0.0222. The van der Waals surface area contributed by atoms with Gasteiger partial charge in [-0.15, -0.1) is 0 Å². The smallest absolute Gasteiger partial charge is 0.462 e. The van der Waals surface area contributed by atoms with Gasteiger partial charge in [-0.1, -0.05) is 446 Å².